The van der Waals surface area contributed by atoms with Crippen molar-refractivity contribution in [1.82, 2.24) is 9.88 Å². The highest BCUT2D eigenvalue weighted by Crippen LogP contribution is 2.35. The third kappa shape index (κ3) is 5.35. The number of carbonyl (C=O) groups excluding carboxylic acids is 2. The van der Waals surface area contributed by atoms with Crippen LogP contribution in [0.4, 0.5) is 21.0 Å². The number of nitrogens with one attached hydrogen (secondary N) is 1. The molecule has 0 fully saturated rings. The molecule has 0 bridgehead atoms. The smallest absolute Gasteiger partial charge is 0.418 e. The number of rotatable bonds is 2. The monoisotopic (exact) mass is 463 g/mol. The van der Waals surface area contributed by atoms with Gasteiger partial charge in [0.25, 0.3) is 0 Å². The van der Waals surface area contributed by atoms with Crippen molar-refractivity contribution in [2.45, 2.75) is 65.2 Å². The van der Waals surface area contributed by atoms with Gasteiger partial charge in [-0.3, -0.25) is 4.57 Å². The van der Waals surface area contributed by atoms with Crippen molar-refractivity contribution in [3.8, 4) is 0 Å². The first kappa shape index (κ1) is 23.7. The summed E-state index contributed by atoms with van der Waals surface area (Å²) in [5.41, 5.74) is 2.91. The van der Waals surface area contributed by atoms with E-state index in [0.29, 0.717) is 6.54 Å². The second kappa shape index (κ2) is 8.70. The number of carbonyl (C=O) groups is 2. The summed E-state index contributed by atoms with van der Waals surface area (Å²) in [6.45, 7) is 11.7. The van der Waals surface area contributed by atoms with Crippen LogP contribution in [0.3, 0.4) is 0 Å². The molecule has 1 aliphatic heterocycles. The van der Waals surface area contributed by atoms with Crippen LogP contribution < -0.4 is 10.2 Å². The molecule has 3 aromatic rings. The summed E-state index contributed by atoms with van der Waals surface area (Å²) in [4.78, 5) is 27.2. The van der Waals surface area contributed by atoms with Crippen LogP contribution >= 0.6 is 0 Å². The standard InChI is InChI=1S/C27H33N3O4/c1-26(2,3)33-24(31)28-20-15-18-9-7-8-10-22(18)30(17-20)21-11-12-23-19(16-21)13-14-29(23)25(32)34-27(4,5)6/h7-14,16,20H,15,17H2,1-6H3,(H,28,31). The van der Waals surface area contributed by atoms with Gasteiger partial charge in [-0.2, -0.15) is 0 Å². The quantitative estimate of drug-likeness (QED) is 0.504. The lowest BCUT2D eigenvalue weighted by molar-refractivity contribution is 0.0502. The molecule has 2 aromatic carbocycles. The van der Waals surface area contributed by atoms with Crippen molar-refractivity contribution in [2.75, 3.05) is 11.4 Å². The largest absolute Gasteiger partial charge is 0.444 e. The molecular weight excluding hydrogens is 430 g/mol. The Balaban J connectivity index is 1.62. The van der Waals surface area contributed by atoms with E-state index in [4.69, 9.17) is 9.47 Å². The summed E-state index contributed by atoms with van der Waals surface area (Å²) in [7, 11) is 0. The molecule has 180 valence electrons. The topological polar surface area (TPSA) is 72.8 Å². The summed E-state index contributed by atoms with van der Waals surface area (Å²) in [6.07, 6.45) is 1.64. The van der Waals surface area contributed by atoms with E-state index in [1.807, 2.05) is 71.9 Å². The fourth-order valence-electron chi connectivity index (χ4n) is 4.18. The Morgan fingerprint density at radius 1 is 0.941 bits per heavy atom. The number of nitrogens with zero attached hydrogens (tertiary/aromatic N) is 2. The van der Waals surface area contributed by atoms with Crippen molar-refractivity contribution in [3.05, 3.63) is 60.3 Å². The minimum absolute atomic E-state index is 0.105. The number of amides is 1. The van der Waals surface area contributed by atoms with Gasteiger partial charge < -0.3 is 19.7 Å². The molecule has 0 radical (unpaired) electrons. The van der Waals surface area contributed by atoms with Crippen LogP contribution in [-0.4, -0.2) is 40.5 Å². The van der Waals surface area contributed by atoms with E-state index in [1.165, 1.54) is 4.57 Å². The summed E-state index contributed by atoms with van der Waals surface area (Å²) < 4.78 is 12.5. The van der Waals surface area contributed by atoms with Crippen LogP contribution in [-0.2, 0) is 15.9 Å². The van der Waals surface area contributed by atoms with Crippen LogP contribution in [0, 0.1) is 0 Å². The molecular formula is C27H33N3O4. The van der Waals surface area contributed by atoms with E-state index in [9.17, 15) is 9.59 Å². The molecule has 7 heteroatoms. The van der Waals surface area contributed by atoms with Gasteiger partial charge in [0, 0.05) is 29.5 Å². The molecule has 1 unspecified atom stereocenters. The molecule has 7 nitrogen and oxygen atoms in total. The second-order valence-corrected chi connectivity index (χ2v) is 10.7. The molecule has 1 N–H and O–H groups in total. The van der Waals surface area contributed by atoms with Crippen molar-refractivity contribution in [3.63, 3.8) is 0 Å². The molecule has 1 atom stereocenters. The van der Waals surface area contributed by atoms with Crippen molar-refractivity contribution < 1.29 is 19.1 Å². The van der Waals surface area contributed by atoms with E-state index >= 15 is 0 Å². The van der Waals surface area contributed by atoms with Gasteiger partial charge in [-0.15, -0.1) is 0 Å². The van der Waals surface area contributed by atoms with Gasteiger partial charge in [-0.1, -0.05) is 18.2 Å². The SMILES string of the molecule is CC(C)(C)OC(=O)NC1Cc2ccccc2N(c2ccc3c(ccn3C(=O)OC(C)(C)C)c2)C1. The fraction of sp³-hybridized carbons (Fsp3) is 0.407. The van der Waals surface area contributed by atoms with E-state index in [-0.39, 0.29) is 6.04 Å². The number of hydrogen-bond acceptors (Lipinski definition) is 5. The van der Waals surface area contributed by atoms with Crippen LogP contribution in [0.1, 0.15) is 47.1 Å². The number of hydrogen-bond donors (Lipinski definition) is 1. The molecule has 0 aliphatic carbocycles. The number of alkyl carbamates (subject to hydrolysis) is 1. The van der Waals surface area contributed by atoms with Crippen molar-refractivity contribution >= 4 is 34.5 Å². The minimum atomic E-state index is -0.568. The third-order valence-corrected chi connectivity index (χ3v) is 5.45. The molecule has 4 rings (SSSR count). The van der Waals surface area contributed by atoms with E-state index in [1.54, 1.807) is 6.20 Å². The molecule has 2 heterocycles. The lowest BCUT2D eigenvalue weighted by atomic mass is 9.97. The maximum atomic E-state index is 12.6. The van der Waals surface area contributed by atoms with E-state index in [0.717, 1.165) is 34.3 Å². The maximum absolute atomic E-state index is 12.6. The zero-order chi connectivity index (χ0) is 24.7. The average Bonchev–Trinajstić information content (AvgIpc) is 3.14. The Kier molecular flexibility index (Phi) is 6.06. The van der Waals surface area contributed by atoms with Gasteiger partial charge in [-0.25, -0.2) is 9.59 Å². The fourth-order valence-corrected chi connectivity index (χ4v) is 4.18. The number of anilines is 2. The Bertz CT molecular complexity index is 1220. The van der Waals surface area contributed by atoms with Gasteiger partial charge in [0.1, 0.15) is 11.2 Å². The number of fused-ring (bicyclic) bond motifs is 2. The van der Waals surface area contributed by atoms with Gasteiger partial charge in [0.2, 0.25) is 0 Å². The van der Waals surface area contributed by atoms with E-state index in [2.05, 4.69) is 28.4 Å². The highest BCUT2D eigenvalue weighted by Gasteiger charge is 2.28. The highest BCUT2D eigenvalue weighted by molar-refractivity contribution is 5.92. The Hall–Kier alpha value is -3.48. The third-order valence-electron chi connectivity index (χ3n) is 5.45. The van der Waals surface area contributed by atoms with Gasteiger partial charge in [0.05, 0.1) is 11.6 Å². The van der Waals surface area contributed by atoms with Gasteiger partial charge in [-0.05, 0) is 83.9 Å². The van der Waals surface area contributed by atoms with Gasteiger partial charge >= 0.3 is 12.2 Å². The zero-order valence-corrected chi connectivity index (χ0v) is 20.7. The van der Waals surface area contributed by atoms with Crippen LogP contribution in [0.25, 0.3) is 10.9 Å². The summed E-state index contributed by atoms with van der Waals surface area (Å²) in [6, 6.07) is 16.0. The predicted octanol–water partition coefficient (Wildman–Crippen LogP) is 6.01. The molecule has 1 aliphatic rings. The normalized spacial score (nSPS) is 16.2. The van der Waals surface area contributed by atoms with Crippen molar-refractivity contribution in [2.24, 2.45) is 0 Å². The van der Waals surface area contributed by atoms with Crippen LogP contribution in [0.2, 0.25) is 0 Å². The summed E-state index contributed by atoms with van der Waals surface area (Å²) >= 11 is 0. The molecule has 0 spiro atoms. The highest BCUT2D eigenvalue weighted by atomic mass is 16.6. The zero-order valence-electron chi connectivity index (χ0n) is 20.7. The second-order valence-electron chi connectivity index (χ2n) is 10.7. The predicted molar refractivity (Wildman–Crippen MR) is 134 cm³/mol. The van der Waals surface area contributed by atoms with Crippen LogP contribution in [0.5, 0.6) is 0 Å². The molecule has 0 saturated heterocycles. The molecule has 1 aromatic heterocycles. The molecule has 0 saturated carbocycles. The lowest BCUT2D eigenvalue weighted by Gasteiger charge is -2.36. The Labute approximate surface area is 200 Å². The first-order valence-corrected chi connectivity index (χ1v) is 11.6. The number of benzene rings is 2. The number of aromatic nitrogens is 1. The average molecular weight is 464 g/mol. The first-order valence-electron chi connectivity index (χ1n) is 11.6. The van der Waals surface area contributed by atoms with Crippen molar-refractivity contribution in [1.29, 1.82) is 0 Å². The maximum Gasteiger partial charge on any atom is 0.418 e. The number of ether oxygens (including phenoxy) is 2. The lowest BCUT2D eigenvalue weighted by Crippen LogP contribution is -2.48. The first-order chi connectivity index (χ1) is 15.9. The number of para-hydroxylation sites is 1. The summed E-state index contributed by atoms with van der Waals surface area (Å²) in [5, 5.41) is 3.96. The summed E-state index contributed by atoms with van der Waals surface area (Å²) in [5.74, 6) is 0. The Morgan fingerprint density at radius 3 is 2.35 bits per heavy atom. The molecule has 1 amide bonds. The van der Waals surface area contributed by atoms with Crippen LogP contribution in [0.15, 0.2) is 54.7 Å². The Morgan fingerprint density at radius 2 is 1.65 bits per heavy atom. The van der Waals surface area contributed by atoms with E-state index < -0.39 is 23.4 Å². The minimum Gasteiger partial charge on any atom is -0.444 e. The van der Waals surface area contributed by atoms with Gasteiger partial charge in [0.15, 0.2) is 0 Å². The molecule has 34 heavy (non-hydrogen) atoms.